The van der Waals surface area contributed by atoms with Crippen LogP contribution in [0.3, 0.4) is 0 Å². The van der Waals surface area contributed by atoms with E-state index in [-0.39, 0.29) is 36.3 Å². The Morgan fingerprint density at radius 2 is 1.82 bits per heavy atom. The summed E-state index contributed by atoms with van der Waals surface area (Å²) in [5, 5.41) is 10.1. The molecule has 0 amide bonds. The largest absolute Gasteiger partial charge is 0.497 e. The molecule has 0 aliphatic carbocycles. The van der Waals surface area contributed by atoms with Crippen molar-refractivity contribution in [1.82, 2.24) is 9.88 Å². The Morgan fingerprint density at radius 1 is 1.12 bits per heavy atom. The van der Waals surface area contributed by atoms with Crippen LogP contribution in [-0.4, -0.2) is 54.3 Å². The zero-order valence-corrected chi connectivity index (χ0v) is 22.1. The van der Waals surface area contributed by atoms with E-state index in [1.165, 1.54) is 13.3 Å². The molecule has 3 aromatic rings. The van der Waals surface area contributed by atoms with Crippen molar-refractivity contribution in [2.45, 2.75) is 45.0 Å². The van der Waals surface area contributed by atoms with Gasteiger partial charge in [0, 0.05) is 41.4 Å². The standard InChI is InChI=1S/C29H31F5N2O4/c1-39-19-2-3-25-21(12-19)27(18(16-30)17-35-25)22(31)4-5-29(15-26(37)38)6-8-36(9-7-29)10-11-40-20-13-23(32)28(34)24(33)14-20/h2-3,12-14,17,22H,4-11,15-16H2,1H3,(H,37,38). The Labute approximate surface area is 228 Å². The van der Waals surface area contributed by atoms with Gasteiger partial charge in [-0.1, -0.05) is 0 Å². The molecule has 1 N–H and O–H groups in total. The Balaban J connectivity index is 1.40. The van der Waals surface area contributed by atoms with Gasteiger partial charge in [0.1, 0.15) is 31.0 Å². The minimum absolute atomic E-state index is 0.0153. The molecule has 0 saturated carbocycles. The van der Waals surface area contributed by atoms with Crippen molar-refractivity contribution in [3.63, 3.8) is 0 Å². The van der Waals surface area contributed by atoms with Gasteiger partial charge in [0.15, 0.2) is 17.5 Å². The number of fused-ring (bicyclic) bond motifs is 1. The average molecular weight is 567 g/mol. The van der Waals surface area contributed by atoms with Gasteiger partial charge in [-0.2, -0.15) is 0 Å². The van der Waals surface area contributed by atoms with Crippen molar-refractivity contribution in [3.05, 3.63) is 65.1 Å². The molecule has 1 saturated heterocycles. The first kappa shape index (κ1) is 29.5. The van der Waals surface area contributed by atoms with Gasteiger partial charge in [-0.25, -0.2) is 22.0 Å². The number of ether oxygens (including phenoxy) is 2. The second-order valence-electron chi connectivity index (χ2n) is 10.2. The molecule has 0 radical (unpaired) electrons. The number of likely N-dealkylation sites (tertiary alicyclic amines) is 1. The Hall–Kier alpha value is -3.47. The van der Waals surface area contributed by atoms with Crippen LogP contribution in [-0.2, 0) is 11.5 Å². The van der Waals surface area contributed by atoms with Gasteiger partial charge < -0.3 is 14.6 Å². The molecule has 216 valence electrons. The Kier molecular flexibility index (Phi) is 9.44. The summed E-state index contributed by atoms with van der Waals surface area (Å²) < 4.78 is 80.2. The quantitative estimate of drug-likeness (QED) is 0.198. The number of benzene rings is 2. The third kappa shape index (κ3) is 6.80. The number of pyridine rings is 1. The van der Waals surface area contributed by atoms with E-state index in [0.29, 0.717) is 55.5 Å². The molecule has 1 unspecified atom stereocenters. The van der Waals surface area contributed by atoms with Crippen LogP contribution in [0.5, 0.6) is 11.5 Å². The molecule has 1 atom stereocenters. The zero-order chi connectivity index (χ0) is 28.9. The van der Waals surface area contributed by atoms with E-state index in [9.17, 15) is 27.5 Å². The second-order valence-corrected chi connectivity index (χ2v) is 10.2. The smallest absolute Gasteiger partial charge is 0.303 e. The molecule has 2 aromatic carbocycles. The highest BCUT2D eigenvalue weighted by Crippen LogP contribution is 2.43. The van der Waals surface area contributed by atoms with E-state index >= 15 is 4.39 Å². The Morgan fingerprint density at radius 3 is 2.45 bits per heavy atom. The van der Waals surface area contributed by atoms with Crippen molar-refractivity contribution >= 4 is 16.9 Å². The van der Waals surface area contributed by atoms with Crippen LogP contribution in [0.15, 0.2) is 36.5 Å². The van der Waals surface area contributed by atoms with E-state index in [1.807, 2.05) is 4.90 Å². The third-order valence-electron chi connectivity index (χ3n) is 7.66. The summed E-state index contributed by atoms with van der Waals surface area (Å²) >= 11 is 0. The van der Waals surface area contributed by atoms with Gasteiger partial charge in [0.25, 0.3) is 0 Å². The van der Waals surface area contributed by atoms with E-state index < -0.39 is 41.7 Å². The molecule has 0 bridgehead atoms. The van der Waals surface area contributed by atoms with Crippen LogP contribution in [0.4, 0.5) is 22.0 Å². The van der Waals surface area contributed by atoms with Crippen LogP contribution < -0.4 is 9.47 Å². The lowest BCUT2D eigenvalue weighted by atomic mass is 9.71. The molecule has 40 heavy (non-hydrogen) atoms. The predicted octanol–water partition coefficient (Wildman–Crippen LogP) is 6.56. The minimum Gasteiger partial charge on any atom is -0.497 e. The lowest BCUT2D eigenvalue weighted by Gasteiger charge is -2.41. The molecular formula is C29H31F5N2O4. The number of carboxylic acid groups (broad SMARTS) is 1. The Bertz CT molecular complexity index is 1320. The fourth-order valence-electron chi connectivity index (χ4n) is 5.41. The molecule has 1 aromatic heterocycles. The highest BCUT2D eigenvalue weighted by atomic mass is 19.2. The van der Waals surface area contributed by atoms with Gasteiger partial charge in [-0.3, -0.25) is 14.7 Å². The first-order chi connectivity index (χ1) is 19.1. The van der Waals surface area contributed by atoms with Crippen LogP contribution in [0, 0.1) is 22.9 Å². The molecule has 4 rings (SSSR count). The van der Waals surface area contributed by atoms with Crippen molar-refractivity contribution in [1.29, 1.82) is 0 Å². The number of methoxy groups -OCH3 is 1. The van der Waals surface area contributed by atoms with E-state index in [1.54, 1.807) is 18.2 Å². The number of carbonyl (C=O) groups is 1. The maximum absolute atomic E-state index is 15.8. The summed E-state index contributed by atoms with van der Waals surface area (Å²) in [7, 11) is 1.48. The molecule has 0 spiro atoms. The van der Waals surface area contributed by atoms with Crippen molar-refractivity contribution in [3.8, 4) is 11.5 Å². The van der Waals surface area contributed by atoms with Gasteiger partial charge >= 0.3 is 5.97 Å². The number of nitrogens with zero attached hydrogens (tertiary/aromatic N) is 2. The molecule has 2 heterocycles. The normalized spacial score (nSPS) is 16.1. The van der Waals surface area contributed by atoms with Crippen LogP contribution in [0.25, 0.3) is 10.9 Å². The molecule has 1 aliphatic heterocycles. The topological polar surface area (TPSA) is 71.9 Å². The minimum atomic E-state index is -1.56. The van der Waals surface area contributed by atoms with Crippen LogP contribution in [0.1, 0.15) is 49.4 Å². The predicted molar refractivity (Wildman–Crippen MR) is 138 cm³/mol. The number of aliphatic carboxylic acids is 1. The first-order valence-corrected chi connectivity index (χ1v) is 13.0. The number of rotatable bonds is 12. The molecule has 11 heteroatoms. The van der Waals surface area contributed by atoms with Crippen molar-refractivity contribution in [2.75, 3.05) is 33.4 Å². The van der Waals surface area contributed by atoms with E-state index in [2.05, 4.69) is 4.98 Å². The molecule has 6 nitrogen and oxygen atoms in total. The number of halogens is 5. The summed E-state index contributed by atoms with van der Waals surface area (Å²) in [6.07, 6.45) is 0.967. The van der Waals surface area contributed by atoms with Crippen molar-refractivity contribution < 1.29 is 41.3 Å². The SMILES string of the molecule is COc1ccc2ncc(CF)c(C(F)CCC3(CC(=O)O)CCN(CCOc4cc(F)c(F)c(F)c4)CC3)c2c1. The molecular weight excluding hydrogens is 535 g/mol. The van der Waals surface area contributed by atoms with E-state index in [4.69, 9.17) is 9.47 Å². The highest BCUT2D eigenvalue weighted by molar-refractivity contribution is 5.85. The lowest BCUT2D eigenvalue weighted by Crippen LogP contribution is -2.42. The fraction of sp³-hybridized carbons (Fsp3) is 0.448. The second kappa shape index (κ2) is 12.8. The summed E-state index contributed by atoms with van der Waals surface area (Å²) in [6.45, 7) is 0.647. The number of hydrogen-bond acceptors (Lipinski definition) is 5. The van der Waals surface area contributed by atoms with Crippen LogP contribution >= 0.6 is 0 Å². The highest BCUT2D eigenvalue weighted by Gasteiger charge is 2.37. The van der Waals surface area contributed by atoms with Gasteiger partial charge in [-0.05, 0) is 62.4 Å². The molecule has 1 aliphatic rings. The van der Waals surface area contributed by atoms with Crippen molar-refractivity contribution in [2.24, 2.45) is 5.41 Å². The monoisotopic (exact) mass is 566 g/mol. The maximum atomic E-state index is 15.8. The van der Waals surface area contributed by atoms with Gasteiger partial charge in [0.05, 0.1) is 19.0 Å². The van der Waals surface area contributed by atoms with Gasteiger partial charge in [0.2, 0.25) is 0 Å². The lowest BCUT2D eigenvalue weighted by molar-refractivity contribution is -0.141. The summed E-state index contributed by atoms with van der Waals surface area (Å²) in [4.78, 5) is 18.0. The molecule has 1 fully saturated rings. The summed E-state index contributed by atoms with van der Waals surface area (Å²) in [5.74, 6) is -4.85. The third-order valence-corrected chi connectivity index (χ3v) is 7.66. The zero-order valence-electron chi connectivity index (χ0n) is 22.1. The maximum Gasteiger partial charge on any atom is 0.303 e. The first-order valence-electron chi connectivity index (χ1n) is 13.0. The number of carboxylic acids is 1. The average Bonchev–Trinajstić information content (AvgIpc) is 2.94. The number of aromatic nitrogens is 1. The fourth-order valence-corrected chi connectivity index (χ4v) is 5.41. The van der Waals surface area contributed by atoms with E-state index in [0.717, 1.165) is 12.1 Å². The van der Waals surface area contributed by atoms with Gasteiger partial charge in [-0.15, -0.1) is 0 Å². The summed E-state index contributed by atoms with van der Waals surface area (Å²) in [6, 6.07) is 6.55. The number of alkyl halides is 2. The number of piperidine rings is 1. The van der Waals surface area contributed by atoms with Crippen LogP contribution in [0.2, 0.25) is 0 Å². The number of hydrogen-bond donors (Lipinski definition) is 1. The summed E-state index contributed by atoms with van der Waals surface area (Å²) in [5.41, 5.74) is 0.224.